The van der Waals surface area contributed by atoms with Gasteiger partial charge in [-0.3, -0.25) is 9.88 Å². The third-order valence-corrected chi connectivity index (χ3v) is 4.18. The van der Waals surface area contributed by atoms with E-state index in [2.05, 4.69) is 51.7 Å². The van der Waals surface area contributed by atoms with E-state index >= 15 is 0 Å². The van der Waals surface area contributed by atoms with Crippen LogP contribution < -0.4 is 5.32 Å². The minimum Gasteiger partial charge on any atom is -0.301 e. The lowest BCUT2D eigenvalue weighted by molar-refractivity contribution is 0.144. The van der Waals surface area contributed by atoms with Gasteiger partial charge in [-0.15, -0.1) is 0 Å². The Bertz CT molecular complexity index is 562. The van der Waals surface area contributed by atoms with Gasteiger partial charge in [0.15, 0.2) is 0 Å². The van der Waals surface area contributed by atoms with Crippen molar-refractivity contribution in [3.05, 3.63) is 54.4 Å². The van der Waals surface area contributed by atoms with Gasteiger partial charge in [-0.2, -0.15) is 0 Å². The molecule has 1 aliphatic heterocycles. The molecular formula is C18H22N3. The van der Waals surface area contributed by atoms with Crippen LogP contribution in [0.4, 0.5) is 0 Å². The molecule has 0 amide bonds. The summed E-state index contributed by atoms with van der Waals surface area (Å²) in [5.41, 5.74) is 3.59. The molecule has 1 N–H and O–H groups in total. The molecule has 1 atom stereocenters. The first kappa shape index (κ1) is 14.2. The fourth-order valence-corrected chi connectivity index (χ4v) is 3.17. The smallest absolute Gasteiger partial charge is 0.0970 e. The van der Waals surface area contributed by atoms with Crippen molar-refractivity contribution < 1.29 is 0 Å². The van der Waals surface area contributed by atoms with Crippen LogP contribution in [0.1, 0.15) is 31.0 Å². The van der Waals surface area contributed by atoms with Gasteiger partial charge >= 0.3 is 0 Å². The van der Waals surface area contributed by atoms with Gasteiger partial charge in [0.1, 0.15) is 0 Å². The van der Waals surface area contributed by atoms with Crippen molar-refractivity contribution in [3.8, 4) is 11.1 Å². The lowest BCUT2D eigenvalue weighted by Crippen LogP contribution is -2.40. The van der Waals surface area contributed by atoms with Crippen LogP contribution in [0.3, 0.4) is 0 Å². The van der Waals surface area contributed by atoms with Crippen LogP contribution in [0.15, 0.2) is 42.6 Å². The van der Waals surface area contributed by atoms with Crippen molar-refractivity contribution in [2.45, 2.75) is 25.4 Å². The topological polar surface area (TPSA) is 28.2 Å². The molecule has 3 nitrogen and oxygen atoms in total. The minimum absolute atomic E-state index is 0.259. The number of nitrogens with one attached hydrogen (secondary N) is 1. The van der Waals surface area contributed by atoms with Crippen LogP contribution in [-0.2, 0) is 0 Å². The maximum absolute atomic E-state index is 4.14. The van der Waals surface area contributed by atoms with Gasteiger partial charge in [0.05, 0.1) is 12.4 Å². The maximum atomic E-state index is 4.14. The number of piperidine rings is 1. The predicted octanol–water partition coefficient (Wildman–Crippen LogP) is 3.25. The maximum Gasteiger partial charge on any atom is 0.0970 e. The van der Waals surface area contributed by atoms with E-state index in [0.717, 1.165) is 18.7 Å². The predicted molar refractivity (Wildman–Crippen MR) is 85.7 cm³/mol. The summed E-state index contributed by atoms with van der Waals surface area (Å²) in [7, 11) is 2.04. The average Bonchev–Trinajstić information content (AvgIpc) is 2.58. The molecule has 1 unspecified atom stereocenters. The monoisotopic (exact) mass is 280 g/mol. The number of hydrogen-bond donors (Lipinski definition) is 1. The van der Waals surface area contributed by atoms with Gasteiger partial charge in [0.2, 0.25) is 0 Å². The highest BCUT2D eigenvalue weighted by molar-refractivity contribution is 5.66. The van der Waals surface area contributed by atoms with Gasteiger partial charge in [0.25, 0.3) is 0 Å². The average molecular weight is 280 g/mol. The third-order valence-electron chi connectivity index (χ3n) is 4.18. The Kier molecular flexibility index (Phi) is 4.63. The molecular weight excluding hydrogens is 258 g/mol. The lowest BCUT2D eigenvalue weighted by Gasteiger charge is -2.35. The number of rotatable bonds is 4. The van der Waals surface area contributed by atoms with Crippen molar-refractivity contribution in [2.24, 2.45) is 0 Å². The first-order chi connectivity index (χ1) is 10.4. The molecule has 0 aliphatic carbocycles. The molecule has 0 spiro atoms. The number of hydrogen-bond acceptors (Lipinski definition) is 3. The van der Waals surface area contributed by atoms with E-state index in [1.54, 1.807) is 6.20 Å². The molecule has 1 aromatic carbocycles. The number of nitrogens with zero attached hydrogens (tertiary/aromatic N) is 2. The second kappa shape index (κ2) is 6.83. The van der Waals surface area contributed by atoms with Crippen LogP contribution in [-0.4, -0.2) is 30.0 Å². The zero-order valence-corrected chi connectivity index (χ0v) is 12.5. The van der Waals surface area contributed by atoms with Gasteiger partial charge in [0, 0.05) is 11.8 Å². The molecule has 2 heterocycles. The molecule has 3 rings (SSSR count). The van der Waals surface area contributed by atoms with E-state index in [9.17, 15) is 0 Å². The molecule has 1 aliphatic rings. The van der Waals surface area contributed by atoms with Crippen molar-refractivity contribution in [3.63, 3.8) is 0 Å². The highest BCUT2D eigenvalue weighted by Crippen LogP contribution is 2.30. The van der Waals surface area contributed by atoms with E-state index in [1.807, 2.05) is 13.1 Å². The normalized spacial score (nSPS) is 17.6. The Labute approximate surface area is 127 Å². The molecule has 1 aromatic heterocycles. The fourth-order valence-electron chi connectivity index (χ4n) is 3.17. The Morgan fingerprint density at radius 3 is 2.62 bits per heavy atom. The van der Waals surface area contributed by atoms with Gasteiger partial charge < -0.3 is 5.32 Å². The molecule has 1 saturated heterocycles. The van der Waals surface area contributed by atoms with Crippen LogP contribution >= 0.6 is 0 Å². The van der Waals surface area contributed by atoms with E-state index in [-0.39, 0.29) is 6.17 Å². The number of aromatic nitrogens is 1. The summed E-state index contributed by atoms with van der Waals surface area (Å²) in [6, 6.07) is 12.6. The zero-order chi connectivity index (χ0) is 14.5. The molecule has 0 bridgehead atoms. The lowest BCUT2D eigenvalue weighted by atomic mass is 9.97. The van der Waals surface area contributed by atoms with Crippen molar-refractivity contribution in [1.82, 2.24) is 15.2 Å². The summed E-state index contributed by atoms with van der Waals surface area (Å²) in [4.78, 5) is 6.68. The second-order valence-electron chi connectivity index (χ2n) is 5.54. The van der Waals surface area contributed by atoms with Gasteiger partial charge in [-0.1, -0.05) is 36.8 Å². The standard InChI is InChI=1S/C18H22N3/c1-19-18(21-12-5-2-6-13-21)17-10-4-3-9-16(17)15-8-7-11-20-14-15/h3-4,7-11,18-19H,2,5-6,12-13H2,1H3. The van der Waals surface area contributed by atoms with E-state index in [1.165, 1.54) is 30.4 Å². The van der Waals surface area contributed by atoms with E-state index < -0.39 is 0 Å². The molecule has 109 valence electrons. The Hall–Kier alpha value is -1.71. The first-order valence-electron chi connectivity index (χ1n) is 7.73. The summed E-state index contributed by atoms with van der Waals surface area (Å²) >= 11 is 0. The Morgan fingerprint density at radius 1 is 1.10 bits per heavy atom. The number of pyridine rings is 1. The minimum atomic E-state index is 0.259. The Morgan fingerprint density at radius 2 is 1.90 bits per heavy atom. The molecule has 1 radical (unpaired) electrons. The molecule has 21 heavy (non-hydrogen) atoms. The summed E-state index contributed by atoms with van der Waals surface area (Å²) in [6.45, 7) is 2.33. The van der Waals surface area contributed by atoms with Crippen LogP contribution in [0, 0.1) is 6.20 Å². The number of benzene rings is 1. The number of likely N-dealkylation sites (tertiary alicyclic amines) is 1. The van der Waals surface area contributed by atoms with E-state index in [0.29, 0.717) is 0 Å². The summed E-state index contributed by atoms with van der Waals surface area (Å²) in [5.74, 6) is 0. The summed E-state index contributed by atoms with van der Waals surface area (Å²) in [6.07, 6.45) is 9.07. The first-order valence-corrected chi connectivity index (χ1v) is 7.73. The molecule has 2 aromatic rings. The van der Waals surface area contributed by atoms with Crippen molar-refractivity contribution in [1.29, 1.82) is 0 Å². The van der Waals surface area contributed by atoms with E-state index in [4.69, 9.17) is 0 Å². The van der Waals surface area contributed by atoms with Crippen molar-refractivity contribution >= 4 is 0 Å². The van der Waals surface area contributed by atoms with Crippen LogP contribution in [0.25, 0.3) is 11.1 Å². The molecule has 3 heteroatoms. The highest BCUT2D eigenvalue weighted by Gasteiger charge is 2.23. The quantitative estimate of drug-likeness (QED) is 0.932. The van der Waals surface area contributed by atoms with Gasteiger partial charge in [-0.05, 0) is 50.2 Å². The fraction of sp³-hybridized carbons (Fsp3) is 0.389. The molecule has 1 fully saturated rings. The second-order valence-corrected chi connectivity index (χ2v) is 5.54. The zero-order valence-electron chi connectivity index (χ0n) is 12.5. The summed E-state index contributed by atoms with van der Waals surface area (Å²) in [5, 5.41) is 3.49. The third kappa shape index (κ3) is 3.14. The van der Waals surface area contributed by atoms with Crippen molar-refractivity contribution in [2.75, 3.05) is 20.1 Å². The largest absolute Gasteiger partial charge is 0.301 e. The SMILES string of the molecule is CNC(c1ccccc1-c1[c]nccc1)N1CCCCC1. The van der Waals surface area contributed by atoms with Gasteiger partial charge in [-0.25, -0.2) is 0 Å². The van der Waals surface area contributed by atoms with Crippen LogP contribution in [0.2, 0.25) is 0 Å². The van der Waals surface area contributed by atoms with Crippen LogP contribution in [0.5, 0.6) is 0 Å². The molecule has 0 saturated carbocycles. The Balaban J connectivity index is 1.97. The summed E-state index contributed by atoms with van der Waals surface area (Å²) < 4.78 is 0. The highest BCUT2D eigenvalue weighted by atomic mass is 15.3.